The monoisotopic (exact) mass is 408 g/mol. The van der Waals surface area contributed by atoms with Crippen LogP contribution in [0.3, 0.4) is 0 Å². The van der Waals surface area contributed by atoms with E-state index in [1.807, 2.05) is 0 Å². The molecule has 1 fully saturated rings. The molecule has 27 heavy (non-hydrogen) atoms. The zero-order chi connectivity index (χ0) is 20.6. The van der Waals surface area contributed by atoms with Gasteiger partial charge in [0.2, 0.25) is 0 Å². The van der Waals surface area contributed by atoms with Crippen LogP contribution >= 0.6 is 11.8 Å². The maximum Gasteiger partial charge on any atom is 0.303 e. The average molecular weight is 408 g/mol. The van der Waals surface area contributed by atoms with Crippen LogP contribution in [0.2, 0.25) is 0 Å². The fourth-order valence-electron chi connectivity index (χ4n) is 2.47. The molecule has 0 amide bonds. The summed E-state index contributed by atoms with van der Waals surface area (Å²) in [6.45, 7) is 4.83. The Bertz CT molecular complexity index is 551. The number of hydrogen-bond donors (Lipinski definition) is 0. The minimum atomic E-state index is -1.13. The average Bonchev–Trinajstić information content (AvgIpc) is 2.54. The molecule has 0 N–H and O–H groups in total. The van der Waals surface area contributed by atoms with Crippen LogP contribution in [0.25, 0.3) is 0 Å². The second kappa shape index (κ2) is 11.1. The van der Waals surface area contributed by atoms with E-state index in [0.717, 1.165) is 0 Å². The summed E-state index contributed by atoms with van der Waals surface area (Å²) in [4.78, 5) is 45.4. The van der Waals surface area contributed by atoms with Crippen LogP contribution in [0, 0.1) is 0 Å². The molecule has 0 radical (unpaired) electrons. The summed E-state index contributed by atoms with van der Waals surface area (Å²) < 4.78 is 31.6. The summed E-state index contributed by atoms with van der Waals surface area (Å²) in [6.07, 6.45) is -5.13. The second-order valence-electron chi connectivity index (χ2n) is 5.63. The number of hydrogen-bond acceptors (Lipinski definition) is 11. The van der Waals surface area contributed by atoms with Gasteiger partial charge in [-0.25, -0.2) is 0 Å². The zero-order valence-electron chi connectivity index (χ0n) is 15.8. The van der Waals surface area contributed by atoms with Gasteiger partial charge in [-0.1, -0.05) is 0 Å². The molecule has 0 aromatic rings. The van der Waals surface area contributed by atoms with E-state index in [2.05, 4.69) is 0 Å². The summed E-state index contributed by atoms with van der Waals surface area (Å²) in [7, 11) is 1.33. The third kappa shape index (κ3) is 7.73. The molecular formula is C16H24O10S. The van der Waals surface area contributed by atoms with Gasteiger partial charge in [0.05, 0.1) is 0 Å². The first-order valence-electron chi connectivity index (χ1n) is 8.06. The lowest BCUT2D eigenvalue weighted by atomic mass is 9.98. The predicted molar refractivity (Wildman–Crippen MR) is 91.4 cm³/mol. The Morgan fingerprint density at radius 3 is 1.81 bits per heavy atom. The first-order chi connectivity index (χ1) is 12.6. The molecule has 1 heterocycles. The van der Waals surface area contributed by atoms with Gasteiger partial charge >= 0.3 is 23.9 Å². The van der Waals surface area contributed by atoms with Crippen LogP contribution in [0.1, 0.15) is 27.7 Å². The standard InChI is InChI=1S/C16H24O10S/c1-8(17)22-7-27-6-12-13(23-9(2)18)14(24-10(3)19)15(25-11(4)20)16(21-5)26-12/h12-16H,6-7H2,1-5H3/t12-,13-,14+,15-,16+/m1/s1. The molecule has 0 aromatic carbocycles. The summed E-state index contributed by atoms with van der Waals surface area (Å²) in [6, 6.07) is 0. The molecule has 0 spiro atoms. The highest BCUT2D eigenvalue weighted by atomic mass is 32.2. The largest absolute Gasteiger partial charge is 0.456 e. The van der Waals surface area contributed by atoms with Crippen molar-refractivity contribution >= 4 is 35.6 Å². The first kappa shape index (κ1) is 23.2. The number of methoxy groups -OCH3 is 1. The molecule has 10 nitrogen and oxygen atoms in total. The van der Waals surface area contributed by atoms with Crippen molar-refractivity contribution < 1.29 is 47.6 Å². The topological polar surface area (TPSA) is 124 Å². The van der Waals surface area contributed by atoms with E-state index in [4.69, 9.17) is 28.4 Å². The van der Waals surface area contributed by atoms with Gasteiger partial charge in [-0.3, -0.25) is 19.2 Å². The molecule has 5 atom stereocenters. The van der Waals surface area contributed by atoms with Crippen molar-refractivity contribution in [3.8, 4) is 0 Å². The molecule has 1 aliphatic heterocycles. The van der Waals surface area contributed by atoms with Crippen LogP contribution in [-0.4, -0.2) is 73.4 Å². The second-order valence-corrected chi connectivity index (χ2v) is 6.60. The van der Waals surface area contributed by atoms with Gasteiger partial charge in [-0.15, -0.1) is 11.8 Å². The van der Waals surface area contributed by atoms with Gasteiger partial charge in [0.15, 0.2) is 24.6 Å². The zero-order valence-corrected chi connectivity index (χ0v) is 16.6. The van der Waals surface area contributed by atoms with Gasteiger partial charge in [-0.05, 0) is 0 Å². The van der Waals surface area contributed by atoms with E-state index in [1.54, 1.807) is 0 Å². The van der Waals surface area contributed by atoms with Crippen molar-refractivity contribution in [1.29, 1.82) is 0 Å². The maximum absolute atomic E-state index is 11.6. The Kier molecular flexibility index (Phi) is 9.53. The normalized spacial score (nSPS) is 27.4. The summed E-state index contributed by atoms with van der Waals surface area (Å²) in [5.74, 6) is -2.08. The van der Waals surface area contributed by atoms with Crippen molar-refractivity contribution in [3.63, 3.8) is 0 Å². The number of ether oxygens (including phenoxy) is 6. The summed E-state index contributed by atoms with van der Waals surface area (Å²) in [5.41, 5.74) is 0. The van der Waals surface area contributed by atoms with Crippen molar-refractivity contribution in [2.45, 2.75) is 58.4 Å². The highest BCUT2D eigenvalue weighted by Crippen LogP contribution is 2.30. The van der Waals surface area contributed by atoms with Crippen LogP contribution in [0.4, 0.5) is 0 Å². The molecule has 1 aliphatic rings. The first-order valence-corrected chi connectivity index (χ1v) is 9.22. The number of thioether (sulfide) groups is 1. The van der Waals surface area contributed by atoms with Crippen LogP contribution in [-0.2, 0) is 47.6 Å². The van der Waals surface area contributed by atoms with Crippen molar-refractivity contribution in [2.75, 3.05) is 18.8 Å². The van der Waals surface area contributed by atoms with Crippen LogP contribution < -0.4 is 0 Å². The highest BCUT2D eigenvalue weighted by Gasteiger charge is 2.51. The lowest BCUT2D eigenvalue weighted by Crippen LogP contribution is -2.62. The maximum atomic E-state index is 11.6. The Labute approximate surface area is 161 Å². The minimum absolute atomic E-state index is 0.0608. The third-order valence-electron chi connectivity index (χ3n) is 3.36. The molecular weight excluding hydrogens is 384 g/mol. The molecule has 11 heteroatoms. The Morgan fingerprint density at radius 1 is 0.815 bits per heavy atom. The van der Waals surface area contributed by atoms with Gasteiger partial charge in [-0.2, -0.15) is 0 Å². The number of rotatable bonds is 8. The smallest absolute Gasteiger partial charge is 0.303 e. The van der Waals surface area contributed by atoms with E-state index < -0.39 is 54.6 Å². The highest BCUT2D eigenvalue weighted by molar-refractivity contribution is 7.99. The predicted octanol–water partition coefficient (Wildman–Crippen LogP) is 0.407. The lowest BCUT2D eigenvalue weighted by molar-refractivity contribution is -0.294. The summed E-state index contributed by atoms with van der Waals surface area (Å²) in [5, 5.41) is 0. The molecule has 0 unspecified atom stereocenters. The lowest BCUT2D eigenvalue weighted by Gasteiger charge is -2.43. The van der Waals surface area contributed by atoms with Crippen LogP contribution in [0.15, 0.2) is 0 Å². The van der Waals surface area contributed by atoms with Crippen LogP contribution in [0.5, 0.6) is 0 Å². The number of carbonyl (C=O) groups excluding carboxylic acids is 4. The molecule has 0 aromatic heterocycles. The van der Waals surface area contributed by atoms with Crippen molar-refractivity contribution in [1.82, 2.24) is 0 Å². The molecule has 154 valence electrons. The van der Waals surface area contributed by atoms with E-state index in [1.165, 1.54) is 46.6 Å². The molecule has 0 saturated carbocycles. The van der Waals surface area contributed by atoms with Gasteiger partial charge < -0.3 is 28.4 Å². The van der Waals surface area contributed by atoms with E-state index in [0.29, 0.717) is 0 Å². The minimum Gasteiger partial charge on any atom is -0.456 e. The molecule has 1 rings (SSSR count). The Hall–Kier alpha value is -1.85. The Morgan fingerprint density at radius 2 is 1.33 bits per heavy atom. The van der Waals surface area contributed by atoms with Gasteiger partial charge in [0.1, 0.15) is 12.0 Å². The third-order valence-corrected chi connectivity index (χ3v) is 4.21. The van der Waals surface area contributed by atoms with Gasteiger partial charge in [0, 0.05) is 40.6 Å². The Balaban J connectivity index is 3.05. The quantitative estimate of drug-likeness (QED) is 0.240. The van der Waals surface area contributed by atoms with Crippen molar-refractivity contribution in [3.05, 3.63) is 0 Å². The van der Waals surface area contributed by atoms with Crippen molar-refractivity contribution in [2.24, 2.45) is 0 Å². The number of esters is 4. The van der Waals surface area contributed by atoms with E-state index in [9.17, 15) is 19.2 Å². The van der Waals surface area contributed by atoms with Gasteiger partial charge in [0.25, 0.3) is 0 Å². The molecule has 0 bridgehead atoms. The van der Waals surface area contributed by atoms with E-state index in [-0.39, 0.29) is 11.7 Å². The molecule has 1 saturated heterocycles. The fourth-order valence-corrected chi connectivity index (χ4v) is 3.31. The van der Waals surface area contributed by atoms with E-state index >= 15 is 0 Å². The summed E-state index contributed by atoms with van der Waals surface area (Å²) >= 11 is 1.20. The number of carbonyl (C=O) groups is 4. The SMILES string of the molecule is CO[C@H]1O[C@H](CSCOC(C)=O)[C@@H](OC(C)=O)[C@H](OC(C)=O)[C@H]1OC(C)=O. The molecule has 0 aliphatic carbocycles. The fraction of sp³-hybridized carbons (Fsp3) is 0.750.